The maximum absolute atomic E-state index is 13.2. The van der Waals surface area contributed by atoms with Gasteiger partial charge in [-0.2, -0.15) is 0 Å². The SMILES string of the molecule is Cc1cc(C)c2[nH]c(=O)c(CN(Cc3ccc4c(c3)OCO4)C(=O)NCc3ccco3)cc2c1. The maximum atomic E-state index is 13.2. The number of rotatable bonds is 6. The lowest BCUT2D eigenvalue weighted by Gasteiger charge is -2.23. The summed E-state index contributed by atoms with van der Waals surface area (Å²) in [5.41, 5.74) is 4.08. The van der Waals surface area contributed by atoms with Gasteiger partial charge in [-0.15, -0.1) is 0 Å². The molecule has 4 aromatic rings. The molecule has 5 rings (SSSR count). The summed E-state index contributed by atoms with van der Waals surface area (Å²) in [6, 6.07) is 14.7. The number of carbonyl (C=O) groups is 1. The minimum absolute atomic E-state index is 0.136. The van der Waals surface area contributed by atoms with Gasteiger partial charge in [0.25, 0.3) is 5.56 Å². The van der Waals surface area contributed by atoms with Crippen LogP contribution in [-0.2, 0) is 19.6 Å². The Morgan fingerprint density at radius 2 is 1.91 bits per heavy atom. The van der Waals surface area contributed by atoms with Crippen molar-refractivity contribution in [1.29, 1.82) is 0 Å². The van der Waals surface area contributed by atoms with Crippen molar-refractivity contribution in [3.8, 4) is 11.5 Å². The van der Waals surface area contributed by atoms with E-state index >= 15 is 0 Å². The molecule has 0 atom stereocenters. The van der Waals surface area contributed by atoms with Gasteiger partial charge in [0.1, 0.15) is 5.76 Å². The monoisotopic (exact) mass is 459 g/mol. The number of urea groups is 1. The second kappa shape index (κ2) is 8.97. The third-order valence-corrected chi connectivity index (χ3v) is 5.82. The molecule has 0 fully saturated rings. The number of aromatic nitrogens is 1. The highest BCUT2D eigenvalue weighted by atomic mass is 16.7. The second-order valence-electron chi connectivity index (χ2n) is 8.45. The number of fused-ring (bicyclic) bond motifs is 2. The predicted octanol–water partition coefficient (Wildman–Crippen LogP) is 4.38. The Hall–Kier alpha value is -4.20. The Balaban J connectivity index is 1.44. The van der Waals surface area contributed by atoms with E-state index < -0.39 is 0 Å². The molecule has 3 heterocycles. The average Bonchev–Trinajstić information content (AvgIpc) is 3.49. The fraction of sp³-hybridized carbons (Fsp3) is 0.231. The van der Waals surface area contributed by atoms with Gasteiger partial charge in [-0.05, 0) is 66.8 Å². The molecular weight excluding hydrogens is 434 g/mol. The Bertz CT molecular complexity index is 1410. The highest BCUT2D eigenvalue weighted by molar-refractivity contribution is 5.83. The second-order valence-corrected chi connectivity index (χ2v) is 8.45. The third kappa shape index (κ3) is 4.47. The number of furan rings is 1. The quantitative estimate of drug-likeness (QED) is 0.446. The van der Waals surface area contributed by atoms with E-state index in [9.17, 15) is 9.59 Å². The molecule has 0 saturated carbocycles. The van der Waals surface area contributed by atoms with Crippen LogP contribution in [0.1, 0.15) is 28.0 Å². The highest BCUT2D eigenvalue weighted by Crippen LogP contribution is 2.33. The first-order chi connectivity index (χ1) is 16.5. The molecule has 2 N–H and O–H groups in total. The Labute approximate surface area is 196 Å². The van der Waals surface area contributed by atoms with Crippen LogP contribution >= 0.6 is 0 Å². The summed E-state index contributed by atoms with van der Waals surface area (Å²) in [7, 11) is 0. The van der Waals surface area contributed by atoms with Gasteiger partial charge in [0.15, 0.2) is 11.5 Å². The minimum Gasteiger partial charge on any atom is -0.467 e. The van der Waals surface area contributed by atoms with Gasteiger partial charge in [-0.3, -0.25) is 4.79 Å². The summed E-state index contributed by atoms with van der Waals surface area (Å²) in [4.78, 5) is 30.7. The van der Waals surface area contributed by atoms with Crippen molar-refractivity contribution >= 4 is 16.9 Å². The summed E-state index contributed by atoms with van der Waals surface area (Å²) in [5.74, 6) is 1.96. The van der Waals surface area contributed by atoms with Crippen LogP contribution in [-0.4, -0.2) is 22.7 Å². The van der Waals surface area contributed by atoms with Crippen LogP contribution in [0, 0.1) is 13.8 Å². The van der Waals surface area contributed by atoms with Crippen LogP contribution in [0.2, 0.25) is 0 Å². The Morgan fingerprint density at radius 3 is 2.74 bits per heavy atom. The lowest BCUT2D eigenvalue weighted by atomic mass is 10.0. The van der Waals surface area contributed by atoms with Gasteiger partial charge in [0.05, 0.1) is 24.9 Å². The normalized spacial score (nSPS) is 12.2. The molecule has 174 valence electrons. The van der Waals surface area contributed by atoms with Crippen molar-refractivity contribution in [2.24, 2.45) is 0 Å². The number of hydrogen-bond acceptors (Lipinski definition) is 5. The molecule has 8 nitrogen and oxygen atoms in total. The zero-order valence-electron chi connectivity index (χ0n) is 19.0. The van der Waals surface area contributed by atoms with E-state index in [2.05, 4.69) is 10.3 Å². The number of nitrogens with zero attached hydrogens (tertiary/aromatic N) is 1. The van der Waals surface area contributed by atoms with Crippen LogP contribution in [0.5, 0.6) is 11.5 Å². The number of pyridine rings is 1. The molecule has 0 spiro atoms. The van der Waals surface area contributed by atoms with Gasteiger partial charge in [-0.1, -0.05) is 17.7 Å². The fourth-order valence-corrected chi connectivity index (χ4v) is 4.20. The lowest BCUT2D eigenvalue weighted by molar-refractivity contribution is 0.173. The number of amides is 2. The number of benzene rings is 2. The van der Waals surface area contributed by atoms with Crippen molar-refractivity contribution < 1.29 is 18.7 Å². The number of hydrogen-bond donors (Lipinski definition) is 2. The van der Waals surface area contributed by atoms with Gasteiger partial charge in [0.2, 0.25) is 6.79 Å². The Morgan fingerprint density at radius 1 is 1.06 bits per heavy atom. The van der Waals surface area contributed by atoms with Crippen LogP contribution < -0.4 is 20.3 Å². The van der Waals surface area contributed by atoms with E-state index in [1.807, 2.05) is 50.2 Å². The van der Waals surface area contributed by atoms with E-state index in [0.717, 1.165) is 27.6 Å². The highest BCUT2D eigenvalue weighted by Gasteiger charge is 2.20. The van der Waals surface area contributed by atoms with E-state index in [1.54, 1.807) is 23.3 Å². The van der Waals surface area contributed by atoms with Gasteiger partial charge < -0.3 is 29.1 Å². The molecule has 0 saturated heterocycles. The van der Waals surface area contributed by atoms with Crippen molar-refractivity contribution in [2.45, 2.75) is 33.5 Å². The fourth-order valence-electron chi connectivity index (χ4n) is 4.20. The molecule has 0 unspecified atom stereocenters. The van der Waals surface area contributed by atoms with Crippen molar-refractivity contribution in [3.05, 3.63) is 93.2 Å². The number of H-pyrrole nitrogens is 1. The largest absolute Gasteiger partial charge is 0.467 e. The van der Waals surface area contributed by atoms with Crippen LogP contribution in [0.25, 0.3) is 10.9 Å². The summed E-state index contributed by atoms with van der Waals surface area (Å²) in [5, 5.41) is 3.81. The molecule has 2 aromatic carbocycles. The molecule has 1 aliphatic rings. The zero-order chi connectivity index (χ0) is 23.7. The number of nitrogens with one attached hydrogen (secondary N) is 2. The summed E-state index contributed by atoms with van der Waals surface area (Å²) < 4.78 is 16.2. The molecule has 1 aliphatic heterocycles. The number of aromatic amines is 1. The lowest BCUT2D eigenvalue weighted by Crippen LogP contribution is -2.39. The zero-order valence-corrected chi connectivity index (χ0v) is 19.0. The molecule has 8 heteroatoms. The molecule has 0 radical (unpaired) electrons. The van der Waals surface area contributed by atoms with Crippen LogP contribution in [0.15, 0.2) is 64.0 Å². The number of ether oxygens (including phenoxy) is 2. The van der Waals surface area contributed by atoms with Crippen LogP contribution in [0.3, 0.4) is 0 Å². The predicted molar refractivity (Wildman–Crippen MR) is 127 cm³/mol. The number of carbonyl (C=O) groups excluding carboxylic acids is 1. The van der Waals surface area contributed by atoms with Crippen molar-refractivity contribution in [3.63, 3.8) is 0 Å². The topological polar surface area (TPSA) is 96.8 Å². The van der Waals surface area contributed by atoms with E-state index in [1.165, 1.54) is 0 Å². The molecule has 2 aromatic heterocycles. The van der Waals surface area contributed by atoms with Crippen molar-refractivity contribution in [1.82, 2.24) is 15.2 Å². The third-order valence-electron chi connectivity index (χ3n) is 5.82. The summed E-state index contributed by atoms with van der Waals surface area (Å²) in [6.45, 7) is 4.83. The van der Waals surface area contributed by atoms with Gasteiger partial charge >= 0.3 is 6.03 Å². The van der Waals surface area contributed by atoms with E-state index in [0.29, 0.717) is 22.8 Å². The summed E-state index contributed by atoms with van der Waals surface area (Å²) in [6.07, 6.45) is 1.56. The molecule has 0 aliphatic carbocycles. The first-order valence-corrected chi connectivity index (χ1v) is 11.0. The minimum atomic E-state index is -0.311. The smallest absolute Gasteiger partial charge is 0.318 e. The Kier molecular flexibility index (Phi) is 5.71. The van der Waals surface area contributed by atoms with Crippen LogP contribution in [0.4, 0.5) is 4.79 Å². The first-order valence-electron chi connectivity index (χ1n) is 11.0. The van der Waals surface area contributed by atoms with Gasteiger partial charge in [0, 0.05) is 12.1 Å². The maximum Gasteiger partial charge on any atom is 0.318 e. The van der Waals surface area contributed by atoms with E-state index in [4.69, 9.17) is 13.9 Å². The number of aryl methyl sites for hydroxylation is 2. The first kappa shape index (κ1) is 21.6. The van der Waals surface area contributed by atoms with Gasteiger partial charge in [-0.25, -0.2) is 4.79 Å². The standard InChI is InChI=1S/C26H25N3O5/c1-16-8-17(2)24-19(9-16)11-20(25(30)28-24)14-29(26(31)27-12-21-4-3-7-32-21)13-18-5-6-22-23(10-18)34-15-33-22/h3-11H,12-15H2,1-2H3,(H,27,31)(H,28,30). The summed E-state index contributed by atoms with van der Waals surface area (Å²) >= 11 is 0. The van der Waals surface area contributed by atoms with Crippen molar-refractivity contribution in [2.75, 3.05) is 6.79 Å². The molecule has 2 amide bonds. The average molecular weight is 460 g/mol. The molecule has 34 heavy (non-hydrogen) atoms. The molecular formula is C26H25N3O5. The van der Waals surface area contributed by atoms with E-state index in [-0.39, 0.29) is 38.0 Å². The molecule has 0 bridgehead atoms.